The van der Waals surface area contributed by atoms with Crippen LogP contribution in [0.4, 0.5) is 0 Å². The van der Waals surface area contributed by atoms with Crippen LogP contribution in [0.1, 0.15) is 25.3 Å². The molecule has 0 aliphatic rings. The molecule has 0 amide bonds. The molecule has 0 N–H and O–H groups in total. The molecule has 1 rings (SSSR count). The summed E-state index contributed by atoms with van der Waals surface area (Å²) in [5.74, 6) is 0.951. The van der Waals surface area contributed by atoms with Gasteiger partial charge in [0.05, 0.1) is 6.61 Å². The van der Waals surface area contributed by atoms with Crippen LogP contribution >= 0.6 is 0 Å². The lowest BCUT2D eigenvalue weighted by Gasteiger charge is -2.05. The third-order valence-corrected chi connectivity index (χ3v) is 2.05. The van der Waals surface area contributed by atoms with Crippen LogP contribution in [0.15, 0.2) is 36.9 Å². The highest BCUT2D eigenvalue weighted by Crippen LogP contribution is 2.13. The van der Waals surface area contributed by atoms with Gasteiger partial charge in [-0.3, -0.25) is 0 Å². The van der Waals surface area contributed by atoms with Gasteiger partial charge in [-0.25, -0.2) is 0 Å². The Morgan fingerprint density at radius 3 is 2.57 bits per heavy atom. The zero-order valence-electron chi connectivity index (χ0n) is 8.83. The maximum absolute atomic E-state index is 5.51. The lowest BCUT2D eigenvalue weighted by Crippen LogP contribution is -1.95. The summed E-state index contributed by atoms with van der Waals surface area (Å²) in [4.78, 5) is 0. The highest BCUT2D eigenvalue weighted by atomic mass is 16.5. The van der Waals surface area contributed by atoms with Crippen LogP contribution in [-0.4, -0.2) is 6.61 Å². The van der Waals surface area contributed by atoms with Gasteiger partial charge in [-0.05, 0) is 30.5 Å². The third-order valence-electron chi connectivity index (χ3n) is 2.05. The lowest BCUT2D eigenvalue weighted by molar-refractivity contribution is 0.325. The average molecular weight is 190 g/mol. The van der Waals surface area contributed by atoms with Crippen molar-refractivity contribution < 1.29 is 4.74 Å². The molecule has 76 valence electrons. The molecule has 0 aliphatic heterocycles. The Morgan fingerprint density at radius 2 is 2.00 bits per heavy atom. The summed E-state index contributed by atoms with van der Waals surface area (Å²) in [5.41, 5.74) is 1.38. The molecule has 1 aromatic carbocycles. The fourth-order valence-electron chi connectivity index (χ4n) is 1.30. The van der Waals surface area contributed by atoms with E-state index in [0.717, 1.165) is 25.2 Å². The fraction of sp³-hybridized carbons (Fsp3) is 0.385. The number of aryl methyl sites for hydroxylation is 1. The molecule has 1 nitrogen and oxygen atoms in total. The van der Waals surface area contributed by atoms with E-state index in [2.05, 4.69) is 25.6 Å². The molecule has 0 bridgehead atoms. The van der Waals surface area contributed by atoms with Gasteiger partial charge in [-0.15, -0.1) is 6.58 Å². The van der Waals surface area contributed by atoms with Gasteiger partial charge in [0.1, 0.15) is 5.75 Å². The number of hydrogen-bond donors (Lipinski definition) is 0. The average Bonchev–Trinajstić information content (AvgIpc) is 2.21. The van der Waals surface area contributed by atoms with Crippen LogP contribution in [0, 0.1) is 0 Å². The molecule has 1 aromatic rings. The lowest BCUT2D eigenvalue weighted by atomic mass is 10.1. The fourth-order valence-corrected chi connectivity index (χ4v) is 1.30. The monoisotopic (exact) mass is 190 g/mol. The molecular weight excluding hydrogens is 172 g/mol. The van der Waals surface area contributed by atoms with Crippen molar-refractivity contribution in [3.05, 3.63) is 42.5 Å². The van der Waals surface area contributed by atoms with E-state index >= 15 is 0 Å². The molecule has 0 spiro atoms. The van der Waals surface area contributed by atoms with Crippen molar-refractivity contribution in [1.82, 2.24) is 0 Å². The zero-order chi connectivity index (χ0) is 10.2. The van der Waals surface area contributed by atoms with Crippen LogP contribution in [0.2, 0.25) is 0 Å². The normalized spacial score (nSPS) is 9.79. The molecule has 0 aromatic heterocycles. The summed E-state index contributed by atoms with van der Waals surface area (Å²) in [6, 6.07) is 8.33. The van der Waals surface area contributed by atoms with Crippen molar-refractivity contribution in [3.8, 4) is 5.75 Å². The summed E-state index contributed by atoms with van der Waals surface area (Å²) in [5, 5.41) is 0. The Hall–Kier alpha value is -1.24. The van der Waals surface area contributed by atoms with Crippen LogP contribution in [0.25, 0.3) is 0 Å². The maximum Gasteiger partial charge on any atom is 0.119 e. The van der Waals surface area contributed by atoms with Crippen LogP contribution in [0.3, 0.4) is 0 Å². The highest BCUT2D eigenvalue weighted by Gasteiger charge is 1.93. The minimum Gasteiger partial charge on any atom is -0.493 e. The van der Waals surface area contributed by atoms with E-state index in [1.807, 2.05) is 18.2 Å². The molecule has 0 aliphatic carbocycles. The number of rotatable bonds is 6. The predicted molar refractivity (Wildman–Crippen MR) is 60.7 cm³/mol. The largest absolute Gasteiger partial charge is 0.493 e. The molecule has 0 fully saturated rings. The van der Waals surface area contributed by atoms with Gasteiger partial charge in [-0.2, -0.15) is 0 Å². The Morgan fingerprint density at radius 1 is 1.29 bits per heavy atom. The zero-order valence-corrected chi connectivity index (χ0v) is 8.83. The smallest absolute Gasteiger partial charge is 0.119 e. The minimum atomic E-state index is 0.719. The predicted octanol–water partition coefficient (Wildman–Crippen LogP) is 3.59. The van der Waals surface area contributed by atoms with Crippen molar-refractivity contribution in [2.75, 3.05) is 6.61 Å². The first-order valence-electron chi connectivity index (χ1n) is 5.19. The number of benzene rings is 1. The first kappa shape index (κ1) is 10.8. The van der Waals surface area contributed by atoms with E-state index in [4.69, 9.17) is 4.74 Å². The molecule has 14 heavy (non-hydrogen) atoms. The van der Waals surface area contributed by atoms with Gasteiger partial charge in [0.25, 0.3) is 0 Å². The van der Waals surface area contributed by atoms with Crippen molar-refractivity contribution in [2.45, 2.75) is 26.2 Å². The second-order valence-corrected chi connectivity index (χ2v) is 3.32. The molecule has 1 heteroatoms. The summed E-state index contributed by atoms with van der Waals surface area (Å²) < 4.78 is 5.51. The van der Waals surface area contributed by atoms with Crippen LogP contribution in [0.5, 0.6) is 5.75 Å². The van der Waals surface area contributed by atoms with E-state index in [1.54, 1.807) is 0 Å². The van der Waals surface area contributed by atoms with Crippen molar-refractivity contribution >= 4 is 0 Å². The Balaban J connectivity index is 2.42. The van der Waals surface area contributed by atoms with Gasteiger partial charge in [-0.1, -0.05) is 31.6 Å². The van der Waals surface area contributed by atoms with E-state index < -0.39 is 0 Å². The third kappa shape index (κ3) is 3.65. The highest BCUT2D eigenvalue weighted by molar-refractivity contribution is 5.27. The minimum absolute atomic E-state index is 0.719. The second kappa shape index (κ2) is 6.25. The molecular formula is C13H18O. The Labute approximate surface area is 86.4 Å². The Kier molecular flexibility index (Phi) is 4.84. The van der Waals surface area contributed by atoms with E-state index in [1.165, 1.54) is 12.0 Å². The maximum atomic E-state index is 5.51. The van der Waals surface area contributed by atoms with Gasteiger partial charge >= 0.3 is 0 Å². The van der Waals surface area contributed by atoms with E-state index in [-0.39, 0.29) is 0 Å². The molecule has 0 unspecified atom stereocenters. The molecule has 0 atom stereocenters. The van der Waals surface area contributed by atoms with Crippen LogP contribution < -0.4 is 4.74 Å². The van der Waals surface area contributed by atoms with Gasteiger partial charge in [0.2, 0.25) is 0 Å². The second-order valence-electron chi connectivity index (χ2n) is 3.32. The Bertz CT molecular complexity index is 261. The molecule has 0 radical (unpaired) electrons. The van der Waals surface area contributed by atoms with Crippen molar-refractivity contribution in [2.24, 2.45) is 0 Å². The summed E-state index contributed by atoms with van der Waals surface area (Å²) in [6.07, 6.45) is 5.10. The molecule has 0 saturated heterocycles. The summed E-state index contributed by atoms with van der Waals surface area (Å²) in [7, 11) is 0. The number of hydrogen-bond acceptors (Lipinski definition) is 1. The van der Waals surface area contributed by atoms with E-state index in [0.29, 0.717) is 0 Å². The van der Waals surface area contributed by atoms with Gasteiger partial charge in [0.15, 0.2) is 0 Å². The van der Waals surface area contributed by atoms with Crippen molar-refractivity contribution in [3.63, 3.8) is 0 Å². The van der Waals surface area contributed by atoms with Gasteiger partial charge in [0, 0.05) is 0 Å². The van der Waals surface area contributed by atoms with Crippen LogP contribution in [-0.2, 0) is 6.42 Å². The van der Waals surface area contributed by atoms with Crippen molar-refractivity contribution in [1.29, 1.82) is 0 Å². The topological polar surface area (TPSA) is 9.23 Å². The summed E-state index contributed by atoms with van der Waals surface area (Å²) >= 11 is 0. The SMILES string of the molecule is C=CCCOc1ccc(CCC)cc1. The molecule has 0 saturated carbocycles. The quantitative estimate of drug-likeness (QED) is 0.492. The summed E-state index contributed by atoms with van der Waals surface area (Å²) in [6.45, 7) is 6.56. The number of ether oxygens (including phenoxy) is 1. The van der Waals surface area contributed by atoms with E-state index in [9.17, 15) is 0 Å². The van der Waals surface area contributed by atoms with Gasteiger partial charge < -0.3 is 4.74 Å². The standard InChI is InChI=1S/C13H18O/c1-3-5-11-14-13-9-7-12(6-4-2)8-10-13/h3,7-10H,1,4-6,11H2,2H3. The first-order valence-corrected chi connectivity index (χ1v) is 5.19. The molecule has 0 heterocycles. The first-order chi connectivity index (χ1) is 6.86.